The van der Waals surface area contributed by atoms with Gasteiger partial charge >= 0.3 is 0 Å². The Balaban J connectivity index is 1.35. The molecule has 0 spiro atoms. The molecule has 3 heterocycles. The third-order valence-electron chi connectivity index (χ3n) is 4.65. The lowest BCUT2D eigenvalue weighted by Crippen LogP contribution is -2.25. The van der Waals surface area contributed by atoms with Gasteiger partial charge in [0.1, 0.15) is 11.9 Å². The molecule has 24 heavy (non-hydrogen) atoms. The minimum Gasteiger partial charge on any atom is -0.506 e. The average molecular weight is 330 g/mol. The summed E-state index contributed by atoms with van der Waals surface area (Å²) in [6, 6.07) is 3.48. The van der Waals surface area contributed by atoms with Crippen LogP contribution < -0.4 is 5.32 Å². The van der Waals surface area contributed by atoms with Gasteiger partial charge in [-0.1, -0.05) is 5.16 Å². The van der Waals surface area contributed by atoms with Crippen LogP contribution in [0.3, 0.4) is 0 Å². The van der Waals surface area contributed by atoms with Crippen LogP contribution in [-0.4, -0.2) is 33.4 Å². The lowest BCUT2D eigenvalue weighted by molar-refractivity contribution is 0.0623. The van der Waals surface area contributed by atoms with E-state index in [1.165, 1.54) is 0 Å². The van der Waals surface area contributed by atoms with Gasteiger partial charge < -0.3 is 19.7 Å². The van der Waals surface area contributed by atoms with Crippen LogP contribution >= 0.6 is 0 Å². The van der Waals surface area contributed by atoms with Crippen LogP contribution in [0.1, 0.15) is 54.4 Å². The number of hydrogen-bond donors (Lipinski definition) is 2. The first kappa shape index (κ1) is 15.5. The molecule has 1 saturated carbocycles. The highest BCUT2D eigenvalue weighted by molar-refractivity contribution is 5.27. The summed E-state index contributed by atoms with van der Waals surface area (Å²) in [5, 5.41) is 17.3. The maximum Gasteiger partial charge on any atom is 0.256 e. The van der Waals surface area contributed by atoms with Crippen molar-refractivity contribution in [3.8, 4) is 5.75 Å². The van der Waals surface area contributed by atoms with Crippen LogP contribution in [0.5, 0.6) is 5.75 Å². The number of nitrogens with zero attached hydrogens (tertiary/aromatic N) is 3. The standard InChI is InChI=1S/C17H22N4O3/c1-10-2-5-14(22)13(19-10)9-18-8-12-6-7-23-15(12)17-20-16(21-24-17)11-3-4-11/h2,5,11-12,15,18,22H,3-4,6-9H2,1H3/t12-,15-/m0/s1. The van der Waals surface area contributed by atoms with E-state index in [4.69, 9.17) is 9.26 Å². The van der Waals surface area contributed by atoms with Crippen molar-refractivity contribution in [2.75, 3.05) is 13.2 Å². The van der Waals surface area contributed by atoms with Crippen LogP contribution in [0, 0.1) is 12.8 Å². The molecule has 0 amide bonds. The lowest BCUT2D eigenvalue weighted by atomic mass is 10.0. The zero-order valence-electron chi connectivity index (χ0n) is 13.7. The number of hydrogen-bond acceptors (Lipinski definition) is 7. The molecule has 1 aliphatic carbocycles. The third-order valence-corrected chi connectivity index (χ3v) is 4.65. The highest BCUT2D eigenvalue weighted by Crippen LogP contribution is 2.40. The highest BCUT2D eigenvalue weighted by atomic mass is 16.5. The Kier molecular flexibility index (Phi) is 4.20. The fourth-order valence-electron chi connectivity index (χ4n) is 3.10. The number of aromatic nitrogens is 3. The number of aromatic hydroxyl groups is 1. The quantitative estimate of drug-likeness (QED) is 0.839. The normalized spacial score (nSPS) is 23.7. The summed E-state index contributed by atoms with van der Waals surface area (Å²) < 4.78 is 11.2. The van der Waals surface area contributed by atoms with E-state index < -0.39 is 0 Å². The molecule has 1 aliphatic heterocycles. The predicted molar refractivity (Wildman–Crippen MR) is 85.4 cm³/mol. The second-order valence-electron chi connectivity index (χ2n) is 6.65. The van der Waals surface area contributed by atoms with Gasteiger partial charge in [0, 0.05) is 37.2 Å². The smallest absolute Gasteiger partial charge is 0.256 e. The minimum atomic E-state index is -0.142. The van der Waals surface area contributed by atoms with Gasteiger partial charge in [0.25, 0.3) is 5.89 Å². The zero-order chi connectivity index (χ0) is 16.5. The maximum atomic E-state index is 9.86. The van der Waals surface area contributed by atoms with Crippen molar-refractivity contribution in [2.45, 2.75) is 44.8 Å². The fourth-order valence-corrected chi connectivity index (χ4v) is 3.10. The zero-order valence-corrected chi connectivity index (χ0v) is 13.7. The van der Waals surface area contributed by atoms with E-state index in [9.17, 15) is 5.11 Å². The number of ether oxygens (including phenoxy) is 1. The molecule has 0 radical (unpaired) electrons. The lowest BCUT2D eigenvalue weighted by Gasteiger charge is -2.15. The van der Waals surface area contributed by atoms with Gasteiger partial charge in [0.05, 0.1) is 5.69 Å². The van der Waals surface area contributed by atoms with E-state index in [2.05, 4.69) is 20.4 Å². The Morgan fingerprint density at radius 2 is 2.12 bits per heavy atom. The molecule has 0 aromatic carbocycles. The SMILES string of the molecule is Cc1ccc(O)c(CNC[C@@H]2CCO[C@@H]2c2nc(C3CC3)no2)n1. The first-order valence-electron chi connectivity index (χ1n) is 8.52. The van der Waals surface area contributed by atoms with Gasteiger partial charge in [-0.05, 0) is 38.3 Å². The molecule has 2 N–H and O–H groups in total. The molecule has 7 heteroatoms. The van der Waals surface area contributed by atoms with Crippen LogP contribution in [-0.2, 0) is 11.3 Å². The number of aryl methyl sites for hydroxylation is 1. The minimum absolute atomic E-state index is 0.142. The molecule has 2 aliphatic rings. The van der Waals surface area contributed by atoms with Gasteiger partial charge in [-0.2, -0.15) is 4.98 Å². The molecule has 128 valence electrons. The van der Waals surface area contributed by atoms with E-state index in [-0.39, 0.29) is 17.8 Å². The van der Waals surface area contributed by atoms with Gasteiger partial charge in [-0.3, -0.25) is 4.98 Å². The molecule has 0 unspecified atom stereocenters. The van der Waals surface area contributed by atoms with Crippen molar-refractivity contribution in [1.29, 1.82) is 0 Å². The van der Waals surface area contributed by atoms with Crippen molar-refractivity contribution < 1.29 is 14.4 Å². The number of pyridine rings is 1. The topological polar surface area (TPSA) is 93.3 Å². The van der Waals surface area contributed by atoms with Crippen molar-refractivity contribution in [3.63, 3.8) is 0 Å². The third kappa shape index (κ3) is 3.27. The maximum absolute atomic E-state index is 9.86. The Hall–Kier alpha value is -1.99. The van der Waals surface area contributed by atoms with Crippen LogP contribution in [0.4, 0.5) is 0 Å². The van der Waals surface area contributed by atoms with E-state index >= 15 is 0 Å². The molecule has 7 nitrogen and oxygen atoms in total. The number of rotatable bonds is 6. The fraction of sp³-hybridized carbons (Fsp3) is 0.588. The molecule has 2 fully saturated rings. The van der Waals surface area contributed by atoms with E-state index in [0.717, 1.165) is 37.3 Å². The van der Waals surface area contributed by atoms with E-state index in [1.807, 2.05) is 6.92 Å². The van der Waals surface area contributed by atoms with Gasteiger partial charge in [-0.25, -0.2) is 0 Å². The second-order valence-corrected chi connectivity index (χ2v) is 6.65. The predicted octanol–water partition coefficient (Wildman–Crippen LogP) is 2.22. The summed E-state index contributed by atoms with van der Waals surface area (Å²) in [5.41, 5.74) is 1.56. The van der Waals surface area contributed by atoms with Crippen molar-refractivity contribution in [1.82, 2.24) is 20.4 Å². The Labute approximate surface area is 140 Å². The first-order chi connectivity index (χ1) is 11.7. The summed E-state index contributed by atoms with van der Waals surface area (Å²) in [6.45, 7) is 3.89. The van der Waals surface area contributed by atoms with Crippen molar-refractivity contribution >= 4 is 0 Å². The Morgan fingerprint density at radius 1 is 1.25 bits per heavy atom. The highest BCUT2D eigenvalue weighted by Gasteiger charge is 2.36. The van der Waals surface area contributed by atoms with Gasteiger partial charge in [0.2, 0.25) is 0 Å². The molecule has 0 bridgehead atoms. The Morgan fingerprint density at radius 3 is 2.96 bits per heavy atom. The molecular weight excluding hydrogens is 308 g/mol. The molecule has 2 atom stereocenters. The van der Waals surface area contributed by atoms with E-state index in [1.54, 1.807) is 12.1 Å². The largest absolute Gasteiger partial charge is 0.506 e. The molecule has 4 rings (SSSR count). The Bertz CT molecular complexity index is 714. The van der Waals surface area contributed by atoms with Crippen LogP contribution in [0.2, 0.25) is 0 Å². The van der Waals surface area contributed by atoms with E-state index in [0.29, 0.717) is 30.7 Å². The second kappa shape index (κ2) is 6.49. The van der Waals surface area contributed by atoms with Crippen LogP contribution in [0.15, 0.2) is 16.7 Å². The summed E-state index contributed by atoms with van der Waals surface area (Å²) in [7, 11) is 0. The monoisotopic (exact) mass is 330 g/mol. The number of nitrogens with one attached hydrogen (secondary N) is 1. The summed E-state index contributed by atoms with van der Waals surface area (Å²) in [6.07, 6.45) is 3.12. The van der Waals surface area contributed by atoms with Crippen LogP contribution in [0.25, 0.3) is 0 Å². The van der Waals surface area contributed by atoms with Gasteiger partial charge in [-0.15, -0.1) is 0 Å². The molecule has 2 aromatic rings. The average Bonchev–Trinajstić information content (AvgIpc) is 3.12. The summed E-state index contributed by atoms with van der Waals surface area (Å²) >= 11 is 0. The van der Waals surface area contributed by atoms with Crippen molar-refractivity contribution in [3.05, 3.63) is 35.2 Å². The summed E-state index contributed by atoms with van der Waals surface area (Å²) in [4.78, 5) is 8.87. The molecular formula is C17H22N4O3. The van der Waals surface area contributed by atoms with Gasteiger partial charge in [0.15, 0.2) is 5.82 Å². The van der Waals surface area contributed by atoms with Crippen molar-refractivity contribution in [2.24, 2.45) is 5.92 Å². The first-order valence-corrected chi connectivity index (χ1v) is 8.52. The molecule has 2 aromatic heterocycles. The molecule has 1 saturated heterocycles. The summed E-state index contributed by atoms with van der Waals surface area (Å²) in [5.74, 6) is 2.40.